The van der Waals surface area contributed by atoms with Gasteiger partial charge in [0.2, 0.25) is 11.2 Å². The van der Waals surface area contributed by atoms with Crippen molar-refractivity contribution in [1.82, 2.24) is 0 Å². The molecule has 1 aromatic heterocycles. The van der Waals surface area contributed by atoms with Crippen molar-refractivity contribution in [3.8, 4) is 0 Å². The van der Waals surface area contributed by atoms with Crippen molar-refractivity contribution in [1.29, 1.82) is 0 Å². The number of benzene rings is 2. The predicted octanol–water partition coefficient (Wildman–Crippen LogP) is 2.92. The first-order valence-electron chi connectivity index (χ1n) is 9.12. The summed E-state index contributed by atoms with van der Waals surface area (Å²) in [5.41, 5.74) is 2.93. The highest BCUT2D eigenvalue weighted by Gasteiger charge is 2.14. The normalized spacial score (nSPS) is 11.9. The Bertz CT molecular complexity index is 1070. The molecule has 0 saturated carbocycles. The summed E-state index contributed by atoms with van der Waals surface area (Å²) >= 11 is 0. The molecular formula is C21H23N3O3S. The van der Waals surface area contributed by atoms with E-state index in [1.165, 1.54) is 0 Å². The van der Waals surface area contributed by atoms with Crippen molar-refractivity contribution in [2.24, 2.45) is 5.10 Å². The first-order valence-corrected chi connectivity index (χ1v) is 10.7. The number of pyridine rings is 1. The highest BCUT2D eigenvalue weighted by molar-refractivity contribution is 7.85. The van der Waals surface area contributed by atoms with Gasteiger partial charge in [-0.3, -0.25) is 5.01 Å². The number of fused-ring (bicyclic) bond motifs is 1. The second kappa shape index (κ2) is 8.95. The third kappa shape index (κ3) is 5.37. The number of para-hydroxylation sites is 2. The van der Waals surface area contributed by atoms with Crippen LogP contribution in [0.5, 0.6) is 0 Å². The molecule has 0 amide bonds. The largest absolute Gasteiger partial charge is 0.748 e. The van der Waals surface area contributed by atoms with Crippen LogP contribution in [0.15, 0.2) is 71.8 Å². The summed E-state index contributed by atoms with van der Waals surface area (Å²) in [7, 11) is -2.29. The minimum atomic E-state index is -4.18. The Balaban J connectivity index is 1.85. The first-order chi connectivity index (χ1) is 13.4. The molecule has 0 fully saturated rings. The fraction of sp³-hybridized carbons (Fsp3) is 0.238. The average molecular weight is 398 g/mol. The zero-order valence-electron chi connectivity index (χ0n) is 15.7. The number of hydrogen-bond acceptors (Lipinski definition) is 5. The van der Waals surface area contributed by atoms with Gasteiger partial charge in [-0.25, -0.2) is 8.42 Å². The first kappa shape index (κ1) is 20.0. The van der Waals surface area contributed by atoms with E-state index in [2.05, 4.69) is 9.67 Å². The van der Waals surface area contributed by atoms with Crippen molar-refractivity contribution >= 4 is 32.9 Å². The monoisotopic (exact) mass is 397 g/mol. The highest BCUT2D eigenvalue weighted by atomic mass is 32.2. The number of hydrazone groups is 1. The third-order valence-corrected chi connectivity index (χ3v) is 5.28. The number of aryl methyl sites for hydroxylation is 1. The molecule has 0 spiro atoms. The second-order valence-corrected chi connectivity index (χ2v) is 8.06. The summed E-state index contributed by atoms with van der Waals surface area (Å²) in [4.78, 5) is 0. The summed E-state index contributed by atoms with van der Waals surface area (Å²) in [5.74, 6) is -0.335. The smallest absolute Gasteiger partial charge is 0.225 e. The molecule has 0 unspecified atom stereocenters. The summed E-state index contributed by atoms with van der Waals surface area (Å²) < 4.78 is 34.6. The van der Waals surface area contributed by atoms with E-state index < -0.39 is 10.1 Å². The molecule has 0 bridgehead atoms. The van der Waals surface area contributed by atoms with Gasteiger partial charge in [0, 0.05) is 36.7 Å². The standard InChI is InChI=1S/C21H23N3O3S/c1-23(19-10-3-2-4-11-19)22-17-20-14-13-18-9-5-6-12-21(18)24(20)15-7-8-16-28(25,26)27/h2-6,9-14,17H,7-8,15-16H2,1H3. The van der Waals surface area contributed by atoms with Crippen molar-refractivity contribution < 1.29 is 17.5 Å². The maximum atomic E-state index is 10.8. The van der Waals surface area contributed by atoms with Gasteiger partial charge < -0.3 is 4.55 Å². The van der Waals surface area contributed by atoms with Gasteiger partial charge in [-0.15, -0.1) is 0 Å². The Hall–Kier alpha value is -2.77. The van der Waals surface area contributed by atoms with Crippen molar-refractivity contribution in [3.05, 3.63) is 72.4 Å². The van der Waals surface area contributed by atoms with Gasteiger partial charge in [-0.05, 0) is 30.7 Å². The summed E-state index contributed by atoms with van der Waals surface area (Å²) in [5, 5.41) is 7.43. The molecule has 3 aromatic rings. The summed E-state index contributed by atoms with van der Waals surface area (Å²) in [6.45, 7) is 0.604. The quantitative estimate of drug-likeness (QED) is 0.193. The molecule has 0 aliphatic rings. The van der Waals surface area contributed by atoms with Crippen molar-refractivity contribution in [3.63, 3.8) is 0 Å². The van der Waals surface area contributed by atoms with Crippen LogP contribution in [0.2, 0.25) is 0 Å². The molecule has 146 valence electrons. The second-order valence-electron chi connectivity index (χ2n) is 6.54. The topological polar surface area (TPSA) is 76.7 Å². The minimum absolute atomic E-state index is 0.335. The maximum Gasteiger partial charge on any atom is 0.225 e. The van der Waals surface area contributed by atoms with Gasteiger partial charge in [-0.1, -0.05) is 30.3 Å². The van der Waals surface area contributed by atoms with Crippen LogP contribution >= 0.6 is 0 Å². The lowest BCUT2D eigenvalue weighted by Gasteiger charge is -2.12. The lowest BCUT2D eigenvalue weighted by atomic mass is 10.2. The Labute approximate surface area is 165 Å². The molecule has 0 N–H and O–H groups in total. The zero-order valence-corrected chi connectivity index (χ0v) is 16.5. The Morgan fingerprint density at radius 2 is 1.71 bits per heavy atom. The van der Waals surface area contributed by atoms with Gasteiger partial charge >= 0.3 is 0 Å². The van der Waals surface area contributed by atoms with E-state index in [1.807, 2.05) is 73.8 Å². The van der Waals surface area contributed by atoms with E-state index in [9.17, 15) is 13.0 Å². The number of hydrogen-bond donors (Lipinski definition) is 0. The Morgan fingerprint density at radius 3 is 2.46 bits per heavy atom. The summed E-state index contributed by atoms with van der Waals surface area (Å²) in [6, 6.07) is 21.9. The fourth-order valence-electron chi connectivity index (χ4n) is 3.05. The number of nitrogens with zero attached hydrogens (tertiary/aromatic N) is 3. The van der Waals surface area contributed by atoms with Gasteiger partial charge in [0.25, 0.3) is 0 Å². The van der Waals surface area contributed by atoms with Crippen LogP contribution in [0, 0.1) is 0 Å². The molecule has 28 heavy (non-hydrogen) atoms. The lowest BCUT2D eigenvalue weighted by molar-refractivity contribution is -0.672. The molecule has 0 aliphatic heterocycles. The third-order valence-electron chi connectivity index (χ3n) is 4.49. The van der Waals surface area contributed by atoms with Crippen LogP contribution in [0.1, 0.15) is 18.5 Å². The number of anilines is 1. The predicted molar refractivity (Wildman–Crippen MR) is 110 cm³/mol. The van der Waals surface area contributed by atoms with Gasteiger partial charge in [-0.2, -0.15) is 9.67 Å². The van der Waals surface area contributed by atoms with E-state index in [0.29, 0.717) is 19.4 Å². The minimum Gasteiger partial charge on any atom is -0.748 e. The van der Waals surface area contributed by atoms with Crippen LogP contribution in [-0.2, 0) is 16.7 Å². The Kier molecular flexibility index (Phi) is 6.38. The van der Waals surface area contributed by atoms with Crippen molar-refractivity contribution in [2.45, 2.75) is 19.4 Å². The molecule has 0 saturated heterocycles. The Morgan fingerprint density at radius 1 is 1.00 bits per heavy atom. The highest BCUT2D eigenvalue weighted by Crippen LogP contribution is 2.13. The lowest BCUT2D eigenvalue weighted by Crippen LogP contribution is -2.39. The zero-order chi connectivity index (χ0) is 20.0. The van der Waals surface area contributed by atoms with Gasteiger partial charge in [0.15, 0.2) is 0 Å². The molecule has 0 aliphatic carbocycles. The van der Waals surface area contributed by atoms with E-state index >= 15 is 0 Å². The van der Waals surface area contributed by atoms with Gasteiger partial charge in [0.05, 0.1) is 15.8 Å². The number of aromatic nitrogens is 1. The fourth-order valence-corrected chi connectivity index (χ4v) is 3.60. The molecular weight excluding hydrogens is 374 g/mol. The number of rotatable bonds is 8. The molecule has 0 radical (unpaired) electrons. The SMILES string of the molecule is CN(N=Cc1ccc2ccccc2[n+]1CCCCS(=O)(=O)[O-])c1ccccc1. The van der Waals surface area contributed by atoms with E-state index in [0.717, 1.165) is 22.3 Å². The van der Waals surface area contributed by atoms with E-state index in [-0.39, 0.29) is 5.75 Å². The molecule has 2 aromatic carbocycles. The molecule has 0 atom stereocenters. The van der Waals surface area contributed by atoms with Crippen molar-refractivity contribution in [2.75, 3.05) is 17.8 Å². The molecule has 3 rings (SSSR count). The van der Waals surface area contributed by atoms with Crippen LogP contribution < -0.4 is 9.58 Å². The average Bonchev–Trinajstić information content (AvgIpc) is 2.69. The van der Waals surface area contributed by atoms with Crippen LogP contribution in [0.4, 0.5) is 5.69 Å². The number of unbranched alkanes of at least 4 members (excludes halogenated alkanes) is 1. The molecule has 6 nitrogen and oxygen atoms in total. The van der Waals surface area contributed by atoms with E-state index in [4.69, 9.17) is 0 Å². The van der Waals surface area contributed by atoms with Gasteiger partial charge in [0.1, 0.15) is 12.8 Å². The molecule has 1 heterocycles. The summed E-state index contributed by atoms with van der Waals surface area (Å²) in [6.07, 6.45) is 2.72. The maximum absolute atomic E-state index is 10.8. The van der Waals surface area contributed by atoms with Crippen LogP contribution in [-0.4, -0.2) is 32.0 Å². The van der Waals surface area contributed by atoms with E-state index in [1.54, 1.807) is 11.2 Å². The van der Waals surface area contributed by atoms with Crippen LogP contribution in [0.25, 0.3) is 10.9 Å². The molecule has 7 heteroatoms. The van der Waals surface area contributed by atoms with Crippen LogP contribution in [0.3, 0.4) is 0 Å².